The predicted molar refractivity (Wildman–Crippen MR) is 107 cm³/mol. The third-order valence-electron chi connectivity index (χ3n) is 6.24. The molecule has 2 aromatic carbocycles. The summed E-state index contributed by atoms with van der Waals surface area (Å²) < 4.78 is 19.6. The van der Waals surface area contributed by atoms with E-state index >= 15 is 0 Å². The van der Waals surface area contributed by atoms with Crippen LogP contribution in [0.4, 0.5) is 9.18 Å². The Morgan fingerprint density at radius 2 is 1.55 bits per heavy atom. The van der Waals surface area contributed by atoms with Crippen molar-refractivity contribution < 1.29 is 23.8 Å². The number of carbonyl (C=O) groups is 2. The van der Waals surface area contributed by atoms with Gasteiger partial charge in [-0.1, -0.05) is 48.5 Å². The molecule has 0 bridgehead atoms. The largest absolute Gasteiger partial charge is 0.480 e. The van der Waals surface area contributed by atoms with Crippen LogP contribution in [0.25, 0.3) is 11.1 Å². The Hall–Kier alpha value is -2.89. The zero-order valence-electron chi connectivity index (χ0n) is 16.3. The van der Waals surface area contributed by atoms with Crippen molar-refractivity contribution in [3.63, 3.8) is 0 Å². The predicted octanol–water partition coefficient (Wildman–Crippen LogP) is 4.65. The molecule has 1 fully saturated rings. The number of rotatable bonds is 4. The average Bonchev–Trinajstić information content (AvgIpc) is 3.02. The first kappa shape index (κ1) is 19.4. The molecule has 0 saturated heterocycles. The number of carboxylic acids is 1. The second-order valence-corrected chi connectivity index (χ2v) is 8.25. The highest BCUT2D eigenvalue weighted by Gasteiger charge is 2.47. The minimum Gasteiger partial charge on any atom is -0.480 e. The molecule has 2 N–H and O–H groups in total. The molecule has 152 valence electrons. The highest BCUT2D eigenvalue weighted by Crippen LogP contribution is 2.44. The molecule has 2 aliphatic rings. The molecule has 6 heteroatoms. The molecule has 5 nitrogen and oxygen atoms in total. The molecular weight excluding hydrogens is 373 g/mol. The van der Waals surface area contributed by atoms with Crippen LogP contribution < -0.4 is 5.32 Å². The van der Waals surface area contributed by atoms with Gasteiger partial charge in [0.05, 0.1) is 0 Å². The molecule has 2 aliphatic carbocycles. The summed E-state index contributed by atoms with van der Waals surface area (Å²) in [4.78, 5) is 24.3. The molecule has 0 spiro atoms. The minimum atomic E-state index is -1.48. The van der Waals surface area contributed by atoms with Crippen molar-refractivity contribution in [1.82, 2.24) is 5.32 Å². The zero-order chi connectivity index (χ0) is 20.6. The van der Waals surface area contributed by atoms with Crippen molar-refractivity contribution in [2.45, 2.75) is 49.7 Å². The highest BCUT2D eigenvalue weighted by atomic mass is 19.1. The number of fused-ring (bicyclic) bond motifs is 3. The van der Waals surface area contributed by atoms with Gasteiger partial charge in [-0.2, -0.15) is 0 Å². The summed E-state index contributed by atoms with van der Waals surface area (Å²) in [5, 5.41) is 12.2. The van der Waals surface area contributed by atoms with E-state index < -0.39 is 23.3 Å². The van der Waals surface area contributed by atoms with E-state index in [1.54, 1.807) is 0 Å². The van der Waals surface area contributed by atoms with E-state index in [1.165, 1.54) is 6.92 Å². The van der Waals surface area contributed by atoms with Crippen molar-refractivity contribution in [2.75, 3.05) is 6.61 Å². The monoisotopic (exact) mass is 397 g/mol. The Balaban J connectivity index is 1.47. The normalized spacial score (nSPS) is 25.7. The Labute approximate surface area is 168 Å². The molecule has 1 amide bonds. The molecule has 4 rings (SSSR count). The molecule has 0 atom stereocenters. The molecule has 1 saturated carbocycles. The number of ether oxygens (including phenoxy) is 1. The molecule has 0 aliphatic heterocycles. The van der Waals surface area contributed by atoms with E-state index in [4.69, 9.17) is 4.74 Å². The fourth-order valence-corrected chi connectivity index (χ4v) is 4.42. The van der Waals surface area contributed by atoms with Gasteiger partial charge in [0.25, 0.3) is 0 Å². The second kappa shape index (κ2) is 7.17. The van der Waals surface area contributed by atoms with Crippen LogP contribution in [0.15, 0.2) is 48.5 Å². The number of halogens is 1. The molecule has 0 unspecified atom stereocenters. The minimum absolute atomic E-state index is 0.0412. The SMILES string of the molecule is CC1(F)CCC(NC(=O)OCC2c3ccccc3-c3ccccc32)(C(=O)O)CC1. The lowest BCUT2D eigenvalue weighted by Crippen LogP contribution is -2.58. The van der Waals surface area contributed by atoms with Gasteiger partial charge in [0.15, 0.2) is 0 Å². The van der Waals surface area contributed by atoms with Gasteiger partial charge in [-0.3, -0.25) is 0 Å². The van der Waals surface area contributed by atoms with Crippen LogP contribution in [-0.2, 0) is 9.53 Å². The van der Waals surface area contributed by atoms with E-state index in [0.29, 0.717) is 0 Å². The smallest absolute Gasteiger partial charge is 0.408 e. The summed E-state index contributed by atoms with van der Waals surface area (Å²) >= 11 is 0. The van der Waals surface area contributed by atoms with E-state index in [1.807, 2.05) is 48.5 Å². The number of alkyl halides is 1. The molecule has 0 heterocycles. The number of benzene rings is 2. The third-order valence-corrected chi connectivity index (χ3v) is 6.24. The number of nitrogens with one attached hydrogen (secondary N) is 1. The quantitative estimate of drug-likeness (QED) is 0.787. The van der Waals surface area contributed by atoms with Crippen molar-refractivity contribution in [1.29, 1.82) is 0 Å². The Kier molecular flexibility index (Phi) is 4.81. The summed E-state index contributed by atoms with van der Waals surface area (Å²) in [7, 11) is 0. The van der Waals surface area contributed by atoms with Crippen molar-refractivity contribution in [3.05, 3.63) is 59.7 Å². The topological polar surface area (TPSA) is 75.6 Å². The maximum atomic E-state index is 14.1. The Bertz CT molecular complexity index is 900. The Morgan fingerprint density at radius 3 is 2.07 bits per heavy atom. The van der Waals surface area contributed by atoms with E-state index in [0.717, 1.165) is 22.3 Å². The van der Waals surface area contributed by atoms with Crippen LogP contribution in [0.2, 0.25) is 0 Å². The van der Waals surface area contributed by atoms with Crippen molar-refractivity contribution in [2.24, 2.45) is 0 Å². The van der Waals surface area contributed by atoms with Gasteiger partial charge in [0.2, 0.25) is 0 Å². The lowest BCUT2D eigenvalue weighted by atomic mass is 9.75. The first-order chi connectivity index (χ1) is 13.8. The summed E-state index contributed by atoms with van der Waals surface area (Å²) in [5.74, 6) is -1.25. The van der Waals surface area contributed by atoms with Crippen LogP contribution in [0.3, 0.4) is 0 Å². The van der Waals surface area contributed by atoms with Gasteiger partial charge in [0.1, 0.15) is 17.8 Å². The fourth-order valence-electron chi connectivity index (χ4n) is 4.42. The lowest BCUT2D eigenvalue weighted by Gasteiger charge is -2.38. The molecule has 29 heavy (non-hydrogen) atoms. The molecule has 0 radical (unpaired) electrons. The number of carbonyl (C=O) groups excluding carboxylic acids is 1. The van der Waals surface area contributed by atoms with Crippen LogP contribution >= 0.6 is 0 Å². The summed E-state index contributed by atoms with van der Waals surface area (Å²) in [6, 6.07) is 16.0. The second-order valence-electron chi connectivity index (χ2n) is 8.25. The Morgan fingerprint density at radius 1 is 1.03 bits per heavy atom. The summed E-state index contributed by atoms with van der Waals surface area (Å²) in [6.07, 6.45) is -0.526. The number of amides is 1. The van der Waals surface area contributed by atoms with Gasteiger partial charge >= 0.3 is 12.1 Å². The van der Waals surface area contributed by atoms with Crippen LogP contribution in [0, 0.1) is 0 Å². The highest BCUT2D eigenvalue weighted by molar-refractivity contribution is 5.84. The zero-order valence-corrected chi connectivity index (χ0v) is 16.3. The van der Waals surface area contributed by atoms with Crippen LogP contribution in [0.1, 0.15) is 49.7 Å². The maximum Gasteiger partial charge on any atom is 0.408 e. The average molecular weight is 397 g/mol. The summed E-state index contributed by atoms with van der Waals surface area (Å²) in [5.41, 5.74) is 1.53. The molecule has 0 aromatic heterocycles. The van der Waals surface area contributed by atoms with Gasteiger partial charge in [-0.05, 0) is 54.9 Å². The number of alkyl carbamates (subject to hydrolysis) is 1. The number of hydrogen-bond donors (Lipinski definition) is 2. The first-order valence-electron chi connectivity index (χ1n) is 9.87. The van der Waals surface area contributed by atoms with Crippen molar-refractivity contribution >= 4 is 12.1 Å². The van der Waals surface area contributed by atoms with Gasteiger partial charge in [-0.15, -0.1) is 0 Å². The molecular formula is C23H24FNO4. The maximum absolute atomic E-state index is 14.1. The van der Waals surface area contributed by atoms with Gasteiger partial charge in [0, 0.05) is 5.92 Å². The number of aliphatic carboxylic acids is 1. The third kappa shape index (κ3) is 3.59. The van der Waals surface area contributed by atoms with Gasteiger partial charge in [-0.25, -0.2) is 14.0 Å². The fraction of sp³-hybridized carbons (Fsp3) is 0.391. The first-order valence-corrected chi connectivity index (χ1v) is 9.87. The van der Waals surface area contributed by atoms with E-state index in [-0.39, 0.29) is 38.2 Å². The van der Waals surface area contributed by atoms with Gasteiger partial charge < -0.3 is 15.2 Å². The summed E-state index contributed by atoms with van der Waals surface area (Å²) in [6.45, 7) is 1.57. The standard InChI is InChI=1S/C23H24FNO4/c1-22(24)10-12-23(13-11-22,20(26)27)25-21(28)29-14-19-17-8-4-2-6-15(17)16-7-3-5-9-18(16)19/h2-9,19H,10-14H2,1H3,(H,25,28)(H,26,27). The van der Waals surface area contributed by atoms with Crippen LogP contribution in [-0.4, -0.2) is 35.0 Å². The van der Waals surface area contributed by atoms with E-state index in [9.17, 15) is 19.1 Å². The lowest BCUT2D eigenvalue weighted by molar-refractivity contribution is -0.147. The number of carboxylic acid groups (broad SMARTS) is 1. The van der Waals surface area contributed by atoms with Crippen molar-refractivity contribution in [3.8, 4) is 11.1 Å². The number of hydrogen-bond acceptors (Lipinski definition) is 3. The van der Waals surface area contributed by atoms with Crippen LogP contribution in [0.5, 0.6) is 0 Å². The van der Waals surface area contributed by atoms with E-state index in [2.05, 4.69) is 5.32 Å². The molecule has 2 aromatic rings.